The van der Waals surface area contributed by atoms with Crippen LogP contribution in [0.15, 0.2) is 53.1 Å². The lowest BCUT2D eigenvalue weighted by Crippen LogP contribution is -2.37. The fourth-order valence-corrected chi connectivity index (χ4v) is 3.57. The fourth-order valence-electron chi connectivity index (χ4n) is 3.57. The molecular formula is C22H20F4N4O2. The van der Waals surface area contributed by atoms with E-state index in [9.17, 15) is 22.4 Å². The second-order valence-electron chi connectivity index (χ2n) is 7.63. The van der Waals surface area contributed by atoms with Crippen molar-refractivity contribution in [3.8, 4) is 11.4 Å². The third-order valence-corrected chi connectivity index (χ3v) is 5.37. The van der Waals surface area contributed by atoms with Crippen LogP contribution in [0.3, 0.4) is 0 Å². The number of piperidine rings is 1. The van der Waals surface area contributed by atoms with Gasteiger partial charge in [-0.05, 0) is 74.5 Å². The molecule has 0 spiro atoms. The highest BCUT2D eigenvalue weighted by molar-refractivity contribution is 5.92. The van der Waals surface area contributed by atoms with Gasteiger partial charge in [0.15, 0.2) is 0 Å². The molecule has 0 atom stereocenters. The van der Waals surface area contributed by atoms with E-state index in [-0.39, 0.29) is 17.6 Å². The third-order valence-electron chi connectivity index (χ3n) is 5.37. The van der Waals surface area contributed by atoms with Crippen molar-refractivity contribution in [3.63, 3.8) is 0 Å². The van der Waals surface area contributed by atoms with Gasteiger partial charge in [-0.2, -0.15) is 18.2 Å². The number of benzene rings is 2. The third kappa shape index (κ3) is 5.31. The Hall–Kier alpha value is -3.27. The van der Waals surface area contributed by atoms with Crippen molar-refractivity contribution in [3.05, 3.63) is 65.8 Å². The van der Waals surface area contributed by atoms with Crippen LogP contribution in [0.5, 0.6) is 0 Å². The summed E-state index contributed by atoms with van der Waals surface area (Å²) in [5, 5.41) is 6.61. The Labute approximate surface area is 181 Å². The first-order valence-electron chi connectivity index (χ1n) is 10.1. The van der Waals surface area contributed by atoms with Crippen LogP contribution in [0.4, 0.5) is 23.2 Å². The molecule has 10 heteroatoms. The molecule has 2 heterocycles. The first kappa shape index (κ1) is 21.9. The van der Waals surface area contributed by atoms with E-state index in [0.29, 0.717) is 55.4 Å². The largest absolute Gasteiger partial charge is 0.416 e. The van der Waals surface area contributed by atoms with Crippen LogP contribution < -0.4 is 5.32 Å². The quantitative estimate of drug-likeness (QED) is 0.571. The maximum atomic E-state index is 13.0. The van der Waals surface area contributed by atoms with E-state index in [0.717, 1.165) is 12.1 Å². The van der Waals surface area contributed by atoms with Gasteiger partial charge in [-0.25, -0.2) is 4.39 Å². The molecule has 1 fully saturated rings. The highest BCUT2D eigenvalue weighted by atomic mass is 19.4. The fraction of sp³-hybridized carbons (Fsp3) is 0.318. The summed E-state index contributed by atoms with van der Waals surface area (Å²) in [5.41, 5.74) is 0.233. The predicted molar refractivity (Wildman–Crippen MR) is 108 cm³/mol. The number of carbonyl (C=O) groups is 1. The minimum absolute atomic E-state index is 0.208. The number of anilines is 1. The van der Waals surface area contributed by atoms with Gasteiger partial charge in [0, 0.05) is 17.2 Å². The molecule has 1 N–H and O–H groups in total. The van der Waals surface area contributed by atoms with Gasteiger partial charge < -0.3 is 9.84 Å². The molecule has 2 aromatic carbocycles. The van der Waals surface area contributed by atoms with Gasteiger partial charge in [-0.3, -0.25) is 9.69 Å². The van der Waals surface area contributed by atoms with Crippen LogP contribution in [0.2, 0.25) is 0 Å². The van der Waals surface area contributed by atoms with Gasteiger partial charge in [-0.1, -0.05) is 5.16 Å². The molecule has 0 saturated carbocycles. The van der Waals surface area contributed by atoms with Crippen LogP contribution in [0.1, 0.15) is 24.3 Å². The summed E-state index contributed by atoms with van der Waals surface area (Å²) in [5.74, 6) is 0.0253. The molecule has 168 valence electrons. The molecule has 3 aromatic rings. The van der Waals surface area contributed by atoms with Crippen molar-refractivity contribution in [2.24, 2.45) is 5.92 Å². The van der Waals surface area contributed by atoms with Gasteiger partial charge in [-0.15, -0.1) is 0 Å². The highest BCUT2D eigenvalue weighted by Crippen LogP contribution is 2.30. The SMILES string of the molecule is O=C(Nc1ccc(C(F)(F)F)cc1)C1CCN(Cc2nc(-c3ccc(F)cc3)no2)CC1. The number of alkyl halides is 3. The zero-order valence-corrected chi connectivity index (χ0v) is 16.9. The van der Waals surface area contributed by atoms with Crippen molar-refractivity contribution in [2.75, 3.05) is 18.4 Å². The average molecular weight is 448 g/mol. The molecule has 0 bridgehead atoms. The Bertz CT molecular complexity index is 1060. The van der Waals surface area contributed by atoms with E-state index < -0.39 is 11.7 Å². The molecule has 0 unspecified atom stereocenters. The van der Waals surface area contributed by atoms with Crippen molar-refractivity contribution in [1.29, 1.82) is 0 Å². The van der Waals surface area contributed by atoms with Crippen LogP contribution in [-0.4, -0.2) is 34.0 Å². The lowest BCUT2D eigenvalue weighted by Gasteiger charge is -2.30. The summed E-state index contributed by atoms with van der Waals surface area (Å²) in [7, 11) is 0. The monoisotopic (exact) mass is 448 g/mol. The summed E-state index contributed by atoms with van der Waals surface area (Å²) in [6.45, 7) is 1.71. The number of hydrogen-bond acceptors (Lipinski definition) is 5. The van der Waals surface area contributed by atoms with Crippen molar-refractivity contribution in [1.82, 2.24) is 15.0 Å². The Kier molecular flexibility index (Phi) is 6.22. The minimum Gasteiger partial charge on any atom is -0.338 e. The Morgan fingerprint density at radius 2 is 1.72 bits per heavy atom. The number of rotatable bonds is 5. The second-order valence-corrected chi connectivity index (χ2v) is 7.63. The molecule has 32 heavy (non-hydrogen) atoms. The summed E-state index contributed by atoms with van der Waals surface area (Å²) >= 11 is 0. The van der Waals surface area contributed by atoms with E-state index in [1.165, 1.54) is 24.3 Å². The molecule has 1 aliphatic heterocycles. The smallest absolute Gasteiger partial charge is 0.338 e. The summed E-state index contributed by atoms with van der Waals surface area (Å²) in [6.07, 6.45) is -3.20. The number of aromatic nitrogens is 2. The predicted octanol–water partition coefficient (Wildman–Crippen LogP) is 4.75. The van der Waals surface area contributed by atoms with E-state index in [2.05, 4.69) is 20.4 Å². The molecule has 1 aromatic heterocycles. The Morgan fingerprint density at radius 3 is 2.34 bits per heavy atom. The molecule has 0 radical (unpaired) electrons. The topological polar surface area (TPSA) is 71.3 Å². The van der Waals surface area contributed by atoms with Crippen LogP contribution in [0.25, 0.3) is 11.4 Å². The van der Waals surface area contributed by atoms with E-state index in [1.54, 1.807) is 12.1 Å². The lowest BCUT2D eigenvalue weighted by atomic mass is 9.96. The summed E-state index contributed by atoms with van der Waals surface area (Å²) in [6, 6.07) is 10.2. The number of amides is 1. The van der Waals surface area contributed by atoms with Crippen molar-refractivity contribution >= 4 is 11.6 Å². The molecular weight excluding hydrogens is 428 g/mol. The number of halogens is 4. The van der Waals surface area contributed by atoms with Gasteiger partial charge in [0.1, 0.15) is 5.82 Å². The van der Waals surface area contributed by atoms with Gasteiger partial charge in [0.05, 0.1) is 12.1 Å². The summed E-state index contributed by atoms with van der Waals surface area (Å²) in [4.78, 5) is 18.9. The van der Waals surface area contributed by atoms with E-state index >= 15 is 0 Å². The summed E-state index contributed by atoms with van der Waals surface area (Å²) < 4.78 is 56.3. The standard InChI is InChI=1S/C22H20F4N4O2/c23-17-5-1-14(2-6-17)20-28-19(32-29-20)13-30-11-9-15(10-12-30)21(31)27-18-7-3-16(4-8-18)22(24,25)26/h1-8,15H,9-13H2,(H,27,31). The van der Waals surface area contributed by atoms with Crippen LogP contribution >= 0.6 is 0 Å². The van der Waals surface area contributed by atoms with Gasteiger partial charge >= 0.3 is 6.18 Å². The van der Waals surface area contributed by atoms with E-state index in [1.807, 2.05) is 0 Å². The maximum Gasteiger partial charge on any atom is 0.416 e. The van der Waals surface area contributed by atoms with Crippen LogP contribution in [-0.2, 0) is 17.5 Å². The number of nitrogens with one attached hydrogen (secondary N) is 1. The number of likely N-dealkylation sites (tertiary alicyclic amines) is 1. The highest BCUT2D eigenvalue weighted by Gasteiger charge is 2.30. The molecule has 6 nitrogen and oxygen atoms in total. The maximum absolute atomic E-state index is 13.0. The van der Waals surface area contributed by atoms with E-state index in [4.69, 9.17) is 4.52 Å². The molecule has 0 aliphatic carbocycles. The molecule has 4 rings (SSSR count). The lowest BCUT2D eigenvalue weighted by molar-refractivity contribution is -0.137. The van der Waals surface area contributed by atoms with Crippen molar-refractivity contribution < 1.29 is 26.9 Å². The van der Waals surface area contributed by atoms with Gasteiger partial charge in [0.25, 0.3) is 0 Å². The number of carbonyl (C=O) groups excluding carboxylic acids is 1. The average Bonchev–Trinajstić information content (AvgIpc) is 3.23. The van der Waals surface area contributed by atoms with Crippen LogP contribution in [0, 0.1) is 11.7 Å². The number of nitrogens with zero attached hydrogens (tertiary/aromatic N) is 3. The second kappa shape index (κ2) is 9.07. The van der Waals surface area contributed by atoms with Gasteiger partial charge in [0.2, 0.25) is 17.6 Å². The minimum atomic E-state index is -4.41. The normalized spacial score (nSPS) is 15.6. The zero-order chi connectivity index (χ0) is 22.7. The first-order chi connectivity index (χ1) is 15.3. The molecule has 1 saturated heterocycles. The number of hydrogen-bond donors (Lipinski definition) is 1. The first-order valence-corrected chi connectivity index (χ1v) is 10.1. The molecule has 1 aliphatic rings. The van der Waals surface area contributed by atoms with Crippen molar-refractivity contribution in [2.45, 2.75) is 25.6 Å². The Morgan fingerprint density at radius 1 is 1.06 bits per heavy atom. The zero-order valence-electron chi connectivity index (χ0n) is 16.9. The molecule has 1 amide bonds. The Balaban J connectivity index is 1.27.